The number of hydrogen-bond acceptors (Lipinski definition) is 1. The van der Waals surface area contributed by atoms with Gasteiger partial charge in [-0.3, -0.25) is 4.79 Å². The van der Waals surface area contributed by atoms with Gasteiger partial charge in [-0.25, -0.2) is 0 Å². The molecule has 1 heterocycles. The van der Waals surface area contributed by atoms with E-state index in [9.17, 15) is 4.79 Å². The fourth-order valence-electron chi connectivity index (χ4n) is 1.85. The lowest BCUT2D eigenvalue weighted by molar-refractivity contribution is 0.756. The molecule has 1 aromatic carbocycles. The fourth-order valence-corrected chi connectivity index (χ4v) is 1.85. The van der Waals surface area contributed by atoms with Gasteiger partial charge in [0.1, 0.15) is 0 Å². The van der Waals surface area contributed by atoms with Gasteiger partial charge in [0.15, 0.2) is 0 Å². The molecule has 2 aromatic rings. The molecule has 2 heteroatoms. The number of benzene rings is 1. The predicted molar refractivity (Wildman–Crippen MR) is 65.6 cm³/mol. The highest BCUT2D eigenvalue weighted by Crippen LogP contribution is 2.18. The van der Waals surface area contributed by atoms with E-state index in [2.05, 4.69) is 24.0 Å². The number of H-pyrrole nitrogens is 1. The molecule has 1 N–H and O–H groups in total. The van der Waals surface area contributed by atoms with E-state index in [0.29, 0.717) is 5.92 Å². The van der Waals surface area contributed by atoms with Gasteiger partial charge in [-0.1, -0.05) is 37.3 Å². The van der Waals surface area contributed by atoms with Crippen molar-refractivity contribution in [2.75, 3.05) is 0 Å². The van der Waals surface area contributed by atoms with Crippen molar-refractivity contribution in [1.29, 1.82) is 0 Å². The lowest BCUT2D eigenvalue weighted by Crippen LogP contribution is -2.07. The quantitative estimate of drug-likeness (QED) is 0.835. The van der Waals surface area contributed by atoms with E-state index in [0.717, 1.165) is 12.0 Å². The van der Waals surface area contributed by atoms with E-state index in [-0.39, 0.29) is 5.56 Å². The summed E-state index contributed by atoms with van der Waals surface area (Å²) in [6, 6.07) is 14.0. The molecule has 2 rings (SSSR count). The normalized spacial score (nSPS) is 12.3. The molecule has 0 radical (unpaired) electrons. The number of nitrogens with one attached hydrogen (secondary N) is 1. The van der Waals surface area contributed by atoms with Crippen LogP contribution >= 0.6 is 0 Å². The summed E-state index contributed by atoms with van der Waals surface area (Å²) in [6.45, 7) is 2.14. The van der Waals surface area contributed by atoms with Crippen molar-refractivity contribution in [1.82, 2.24) is 4.98 Å². The van der Waals surface area contributed by atoms with Crippen LogP contribution in [-0.2, 0) is 6.42 Å². The third-order valence-corrected chi connectivity index (χ3v) is 2.75. The largest absolute Gasteiger partial charge is 0.329 e. The molecule has 0 fully saturated rings. The van der Waals surface area contributed by atoms with Crippen molar-refractivity contribution < 1.29 is 0 Å². The van der Waals surface area contributed by atoms with Gasteiger partial charge in [0.25, 0.3) is 0 Å². The molecule has 0 saturated heterocycles. The molecule has 0 aliphatic rings. The van der Waals surface area contributed by atoms with Crippen LogP contribution in [0.1, 0.15) is 24.0 Å². The highest BCUT2D eigenvalue weighted by Gasteiger charge is 2.06. The van der Waals surface area contributed by atoms with Gasteiger partial charge in [0, 0.05) is 12.3 Å². The van der Waals surface area contributed by atoms with Gasteiger partial charge in [0.05, 0.1) is 0 Å². The standard InChI is InChI=1S/C14H15NO/c1-11(9-12-5-3-2-4-6-12)13-7-8-15-14(16)10-13/h2-8,10-11H,9H2,1H3,(H,15,16). The first-order valence-corrected chi connectivity index (χ1v) is 5.48. The zero-order chi connectivity index (χ0) is 11.4. The Labute approximate surface area is 95.0 Å². The first-order chi connectivity index (χ1) is 7.75. The van der Waals surface area contributed by atoms with Crippen LogP contribution in [-0.4, -0.2) is 4.98 Å². The molecule has 0 aliphatic heterocycles. The van der Waals surface area contributed by atoms with Crippen molar-refractivity contribution in [3.8, 4) is 0 Å². The highest BCUT2D eigenvalue weighted by molar-refractivity contribution is 5.21. The SMILES string of the molecule is CC(Cc1ccccc1)c1cc[nH]c(=O)c1. The van der Waals surface area contributed by atoms with Gasteiger partial charge in [-0.05, 0) is 29.5 Å². The monoisotopic (exact) mass is 213 g/mol. The second kappa shape index (κ2) is 4.79. The average Bonchev–Trinajstić information content (AvgIpc) is 2.30. The smallest absolute Gasteiger partial charge is 0.248 e. The Bertz CT molecular complexity index is 501. The second-order valence-electron chi connectivity index (χ2n) is 4.08. The van der Waals surface area contributed by atoms with Gasteiger partial charge < -0.3 is 4.98 Å². The Morgan fingerprint density at radius 1 is 1.19 bits per heavy atom. The third kappa shape index (κ3) is 2.60. The number of rotatable bonds is 3. The van der Waals surface area contributed by atoms with Crippen LogP contribution in [0.4, 0.5) is 0 Å². The summed E-state index contributed by atoms with van der Waals surface area (Å²) in [5.41, 5.74) is 2.36. The molecule has 1 unspecified atom stereocenters. The van der Waals surface area contributed by atoms with Gasteiger partial charge in [-0.2, -0.15) is 0 Å². The lowest BCUT2D eigenvalue weighted by atomic mass is 9.95. The number of hydrogen-bond donors (Lipinski definition) is 1. The number of aromatic nitrogens is 1. The minimum absolute atomic E-state index is 0.0302. The summed E-state index contributed by atoms with van der Waals surface area (Å²) in [7, 11) is 0. The van der Waals surface area contributed by atoms with Gasteiger partial charge in [-0.15, -0.1) is 0 Å². The zero-order valence-electron chi connectivity index (χ0n) is 9.31. The summed E-state index contributed by atoms with van der Waals surface area (Å²) in [5, 5.41) is 0. The molecular formula is C14H15NO. The summed E-state index contributed by atoms with van der Waals surface area (Å²) >= 11 is 0. The highest BCUT2D eigenvalue weighted by atomic mass is 16.1. The van der Waals surface area contributed by atoms with Crippen molar-refractivity contribution in [3.05, 3.63) is 70.1 Å². The predicted octanol–water partition coefficient (Wildman–Crippen LogP) is 2.72. The zero-order valence-corrected chi connectivity index (χ0v) is 9.31. The molecule has 82 valence electrons. The molecule has 0 amide bonds. The minimum atomic E-state index is -0.0302. The first-order valence-electron chi connectivity index (χ1n) is 5.48. The Kier molecular flexibility index (Phi) is 3.20. The van der Waals surface area contributed by atoms with Crippen molar-refractivity contribution in [3.63, 3.8) is 0 Å². The van der Waals surface area contributed by atoms with E-state index in [4.69, 9.17) is 0 Å². The molecule has 0 spiro atoms. The average molecular weight is 213 g/mol. The maximum atomic E-state index is 11.2. The molecule has 0 saturated carbocycles. The van der Waals surface area contributed by atoms with Crippen LogP contribution in [0.25, 0.3) is 0 Å². The van der Waals surface area contributed by atoms with Crippen LogP contribution < -0.4 is 5.56 Å². The van der Waals surface area contributed by atoms with Crippen LogP contribution in [0.5, 0.6) is 0 Å². The Hall–Kier alpha value is -1.83. The lowest BCUT2D eigenvalue weighted by Gasteiger charge is -2.11. The summed E-state index contributed by atoms with van der Waals surface area (Å²) in [6.07, 6.45) is 2.67. The van der Waals surface area contributed by atoms with Crippen molar-refractivity contribution in [2.45, 2.75) is 19.3 Å². The van der Waals surface area contributed by atoms with E-state index in [1.165, 1.54) is 5.56 Å². The van der Waals surface area contributed by atoms with E-state index < -0.39 is 0 Å². The topological polar surface area (TPSA) is 32.9 Å². The molecule has 1 aromatic heterocycles. The summed E-state index contributed by atoms with van der Waals surface area (Å²) < 4.78 is 0. The second-order valence-corrected chi connectivity index (χ2v) is 4.08. The van der Waals surface area contributed by atoms with Crippen molar-refractivity contribution >= 4 is 0 Å². The first kappa shape index (κ1) is 10.7. The molecule has 2 nitrogen and oxygen atoms in total. The molecule has 16 heavy (non-hydrogen) atoms. The summed E-state index contributed by atoms with van der Waals surface area (Å²) in [4.78, 5) is 13.8. The number of aromatic amines is 1. The fraction of sp³-hybridized carbons (Fsp3) is 0.214. The minimum Gasteiger partial charge on any atom is -0.329 e. The van der Waals surface area contributed by atoms with Gasteiger partial charge in [0.2, 0.25) is 5.56 Å². The molecular weight excluding hydrogens is 198 g/mol. The maximum absolute atomic E-state index is 11.2. The number of pyridine rings is 1. The van der Waals surface area contributed by atoms with E-state index >= 15 is 0 Å². The molecule has 1 atom stereocenters. The van der Waals surface area contributed by atoms with Gasteiger partial charge >= 0.3 is 0 Å². The van der Waals surface area contributed by atoms with Crippen LogP contribution in [0.2, 0.25) is 0 Å². The summed E-state index contributed by atoms with van der Waals surface area (Å²) in [5.74, 6) is 0.365. The van der Waals surface area contributed by atoms with Crippen LogP contribution in [0, 0.1) is 0 Å². The Morgan fingerprint density at radius 3 is 2.62 bits per heavy atom. The van der Waals surface area contributed by atoms with E-state index in [1.54, 1.807) is 12.3 Å². The van der Waals surface area contributed by atoms with Crippen molar-refractivity contribution in [2.24, 2.45) is 0 Å². The molecule has 0 bridgehead atoms. The molecule has 0 aliphatic carbocycles. The Balaban J connectivity index is 2.15. The third-order valence-electron chi connectivity index (χ3n) is 2.75. The maximum Gasteiger partial charge on any atom is 0.248 e. The van der Waals surface area contributed by atoms with E-state index in [1.807, 2.05) is 24.3 Å². The van der Waals surface area contributed by atoms with Crippen LogP contribution in [0.15, 0.2) is 53.5 Å². The Morgan fingerprint density at radius 2 is 1.94 bits per heavy atom. The van der Waals surface area contributed by atoms with Crippen LogP contribution in [0.3, 0.4) is 0 Å².